The Hall–Kier alpha value is -2.86. The largest absolute Gasteiger partial charge is 0.462 e. The molecule has 0 spiro atoms. The van der Waals surface area contributed by atoms with Gasteiger partial charge >= 0.3 is 12.0 Å². The molecule has 1 unspecified atom stereocenters. The average molecular weight is 367 g/mol. The van der Waals surface area contributed by atoms with Gasteiger partial charge in [-0.15, -0.1) is 0 Å². The van der Waals surface area contributed by atoms with E-state index in [0.717, 1.165) is 26.1 Å². The molecule has 0 saturated carbocycles. The zero-order valence-corrected chi connectivity index (χ0v) is 15.5. The number of carbonyl (C=O) groups excluding carboxylic acids is 2. The fourth-order valence-corrected chi connectivity index (χ4v) is 3.19. The summed E-state index contributed by atoms with van der Waals surface area (Å²) < 4.78 is 4.95. The van der Waals surface area contributed by atoms with Crippen molar-refractivity contribution in [3.05, 3.63) is 65.7 Å². The lowest BCUT2D eigenvalue weighted by atomic mass is 10.2. The van der Waals surface area contributed by atoms with E-state index in [1.165, 1.54) is 5.56 Å². The molecule has 1 saturated heterocycles. The third-order valence-electron chi connectivity index (χ3n) is 4.51. The van der Waals surface area contributed by atoms with Gasteiger partial charge in [0.25, 0.3) is 0 Å². The molecule has 1 heterocycles. The Morgan fingerprint density at radius 1 is 1.11 bits per heavy atom. The van der Waals surface area contributed by atoms with E-state index in [1.54, 1.807) is 31.2 Å². The van der Waals surface area contributed by atoms with E-state index in [9.17, 15) is 9.59 Å². The number of likely N-dealkylation sites (tertiary alicyclic amines) is 1. The predicted octanol–water partition coefficient (Wildman–Crippen LogP) is 3.26. The first-order valence-electron chi connectivity index (χ1n) is 9.25. The van der Waals surface area contributed by atoms with Crippen LogP contribution in [-0.4, -0.2) is 42.6 Å². The van der Waals surface area contributed by atoms with Gasteiger partial charge in [-0.3, -0.25) is 4.90 Å². The van der Waals surface area contributed by atoms with Crippen LogP contribution in [0.3, 0.4) is 0 Å². The van der Waals surface area contributed by atoms with Gasteiger partial charge in [0, 0.05) is 31.4 Å². The van der Waals surface area contributed by atoms with Crippen molar-refractivity contribution in [2.75, 3.05) is 25.0 Å². The van der Waals surface area contributed by atoms with Gasteiger partial charge in [0.1, 0.15) is 0 Å². The number of nitrogens with zero attached hydrogens (tertiary/aromatic N) is 1. The molecule has 2 amide bonds. The van der Waals surface area contributed by atoms with E-state index in [-0.39, 0.29) is 18.0 Å². The summed E-state index contributed by atoms with van der Waals surface area (Å²) in [5, 5.41) is 5.83. The smallest absolute Gasteiger partial charge is 0.338 e. The summed E-state index contributed by atoms with van der Waals surface area (Å²) in [5.41, 5.74) is 2.39. The number of esters is 1. The zero-order valence-electron chi connectivity index (χ0n) is 15.5. The highest BCUT2D eigenvalue weighted by Gasteiger charge is 2.23. The second-order valence-corrected chi connectivity index (χ2v) is 6.60. The average Bonchev–Trinajstić information content (AvgIpc) is 3.10. The molecule has 1 aliphatic heterocycles. The third kappa shape index (κ3) is 5.56. The highest BCUT2D eigenvalue weighted by atomic mass is 16.5. The van der Waals surface area contributed by atoms with Gasteiger partial charge in [0.2, 0.25) is 0 Å². The molecule has 6 nitrogen and oxygen atoms in total. The molecular formula is C21H25N3O3. The fraction of sp³-hybridized carbons (Fsp3) is 0.333. The molecule has 0 radical (unpaired) electrons. The van der Waals surface area contributed by atoms with Crippen LogP contribution in [0.5, 0.6) is 0 Å². The molecule has 0 aromatic heterocycles. The van der Waals surface area contributed by atoms with E-state index < -0.39 is 0 Å². The lowest BCUT2D eigenvalue weighted by Crippen LogP contribution is -2.39. The van der Waals surface area contributed by atoms with Crippen molar-refractivity contribution in [2.24, 2.45) is 0 Å². The molecule has 1 atom stereocenters. The van der Waals surface area contributed by atoms with Gasteiger partial charge in [-0.2, -0.15) is 0 Å². The summed E-state index contributed by atoms with van der Waals surface area (Å²) in [5.74, 6) is -0.363. The standard InChI is InChI=1S/C21H25N3O3/c1-2-27-20(25)17-8-10-18(11-9-17)22-21(26)23-19-12-13-24(15-19)14-16-6-4-3-5-7-16/h3-11,19H,2,12-15H2,1H3,(H2,22,23,26). The van der Waals surface area contributed by atoms with Crippen molar-refractivity contribution < 1.29 is 14.3 Å². The topological polar surface area (TPSA) is 70.7 Å². The van der Waals surface area contributed by atoms with Gasteiger partial charge in [-0.05, 0) is 43.2 Å². The molecule has 3 rings (SSSR count). The van der Waals surface area contributed by atoms with E-state index in [1.807, 2.05) is 18.2 Å². The SMILES string of the molecule is CCOC(=O)c1ccc(NC(=O)NC2CCN(Cc3ccccc3)C2)cc1. The first-order chi connectivity index (χ1) is 13.1. The zero-order chi connectivity index (χ0) is 19.1. The number of nitrogens with one attached hydrogen (secondary N) is 2. The van der Waals surface area contributed by atoms with Crippen LogP contribution < -0.4 is 10.6 Å². The van der Waals surface area contributed by atoms with Crippen LogP contribution in [0.4, 0.5) is 10.5 Å². The number of amides is 2. The second-order valence-electron chi connectivity index (χ2n) is 6.60. The Morgan fingerprint density at radius 2 is 1.85 bits per heavy atom. The summed E-state index contributed by atoms with van der Waals surface area (Å²) in [4.78, 5) is 26.2. The number of hydrogen-bond acceptors (Lipinski definition) is 4. The quantitative estimate of drug-likeness (QED) is 0.769. The molecule has 2 N–H and O–H groups in total. The normalized spacial score (nSPS) is 16.7. The van der Waals surface area contributed by atoms with Gasteiger partial charge in [0.05, 0.1) is 12.2 Å². The lowest BCUT2D eigenvalue weighted by Gasteiger charge is -2.17. The van der Waals surface area contributed by atoms with Gasteiger partial charge in [0.15, 0.2) is 0 Å². The predicted molar refractivity (Wildman–Crippen MR) is 105 cm³/mol. The van der Waals surface area contributed by atoms with Crippen molar-refractivity contribution in [3.8, 4) is 0 Å². The molecule has 0 bridgehead atoms. The summed E-state index contributed by atoms with van der Waals surface area (Å²) in [6.45, 7) is 4.81. The number of anilines is 1. The minimum Gasteiger partial charge on any atom is -0.462 e. The number of hydrogen-bond donors (Lipinski definition) is 2. The minimum atomic E-state index is -0.363. The fourth-order valence-electron chi connectivity index (χ4n) is 3.19. The molecule has 0 aliphatic carbocycles. The third-order valence-corrected chi connectivity index (χ3v) is 4.51. The monoisotopic (exact) mass is 367 g/mol. The molecule has 2 aromatic rings. The van der Waals surface area contributed by atoms with Crippen LogP contribution in [0, 0.1) is 0 Å². The maximum absolute atomic E-state index is 12.2. The van der Waals surface area contributed by atoms with Crippen LogP contribution in [0.25, 0.3) is 0 Å². The summed E-state index contributed by atoms with van der Waals surface area (Å²) in [7, 11) is 0. The van der Waals surface area contributed by atoms with Crippen LogP contribution in [0.1, 0.15) is 29.3 Å². The number of ether oxygens (including phenoxy) is 1. The molecule has 142 valence electrons. The summed E-state index contributed by atoms with van der Waals surface area (Å²) in [6, 6.07) is 16.9. The van der Waals surface area contributed by atoms with Crippen LogP contribution in [0.2, 0.25) is 0 Å². The van der Waals surface area contributed by atoms with E-state index in [4.69, 9.17) is 4.74 Å². The van der Waals surface area contributed by atoms with Crippen molar-refractivity contribution in [2.45, 2.75) is 25.9 Å². The van der Waals surface area contributed by atoms with E-state index in [0.29, 0.717) is 17.9 Å². The Labute approximate surface area is 159 Å². The summed E-state index contributed by atoms with van der Waals surface area (Å²) >= 11 is 0. The van der Waals surface area contributed by atoms with Crippen LogP contribution in [-0.2, 0) is 11.3 Å². The van der Waals surface area contributed by atoms with Crippen LogP contribution in [0.15, 0.2) is 54.6 Å². The molecule has 1 aliphatic rings. The Morgan fingerprint density at radius 3 is 2.56 bits per heavy atom. The number of benzene rings is 2. The van der Waals surface area contributed by atoms with Gasteiger partial charge in [-0.25, -0.2) is 9.59 Å². The lowest BCUT2D eigenvalue weighted by molar-refractivity contribution is 0.0526. The second kappa shape index (κ2) is 9.19. The highest BCUT2D eigenvalue weighted by Crippen LogP contribution is 2.14. The Balaban J connectivity index is 1.45. The number of carbonyl (C=O) groups is 2. The maximum Gasteiger partial charge on any atom is 0.338 e. The molecule has 6 heteroatoms. The minimum absolute atomic E-state index is 0.132. The Kier molecular flexibility index (Phi) is 6.44. The number of urea groups is 1. The van der Waals surface area contributed by atoms with E-state index in [2.05, 4.69) is 27.7 Å². The molecule has 1 fully saturated rings. The highest BCUT2D eigenvalue weighted by molar-refractivity contribution is 5.92. The van der Waals surface area contributed by atoms with Gasteiger partial charge in [-0.1, -0.05) is 30.3 Å². The van der Waals surface area contributed by atoms with Gasteiger partial charge < -0.3 is 15.4 Å². The van der Waals surface area contributed by atoms with Crippen molar-refractivity contribution in [1.29, 1.82) is 0 Å². The first-order valence-corrected chi connectivity index (χ1v) is 9.25. The maximum atomic E-state index is 12.2. The molecule has 27 heavy (non-hydrogen) atoms. The molecule has 2 aromatic carbocycles. The van der Waals surface area contributed by atoms with E-state index >= 15 is 0 Å². The molecular weight excluding hydrogens is 342 g/mol. The Bertz CT molecular complexity index is 762. The van der Waals surface area contributed by atoms with Crippen molar-refractivity contribution in [1.82, 2.24) is 10.2 Å². The van der Waals surface area contributed by atoms with Crippen molar-refractivity contribution >= 4 is 17.7 Å². The van der Waals surface area contributed by atoms with Crippen molar-refractivity contribution in [3.63, 3.8) is 0 Å². The van der Waals surface area contributed by atoms with Crippen LogP contribution >= 0.6 is 0 Å². The summed E-state index contributed by atoms with van der Waals surface area (Å²) in [6.07, 6.45) is 0.933. The number of rotatable bonds is 6. The first kappa shape index (κ1) is 18.9.